The monoisotopic (exact) mass is 276 g/mol. The molecule has 0 aliphatic carbocycles. The standard InChI is InChI=1S/C15H21FN4/c16-12-10-15-14(18-11-12)2-1-5-20(15)9-8-19-6-3-13(17)4-7-19/h1-2,10-11,13H,3-9,17H2. The molecule has 3 heterocycles. The molecule has 2 aliphatic rings. The Bertz CT molecular complexity index is 495. The molecule has 1 saturated heterocycles. The lowest BCUT2D eigenvalue weighted by molar-refractivity contribution is 0.217. The Kier molecular flexibility index (Phi) is 3.98. The van der Waals surface area contributed by atoms with Crippen molar-refractivity contribution in [3.63, 3.8) is 0 Å². The van der Waals surface area contributed by atoms with Crippen LogP contribution in [-0.2, 0) is 0 Å². The average molecular weight is 276 g/mol. The number of pyridine rings is 1. The first-order chi connectivity index (χ1) is 9.72. The number of hydrogen-bond acceptors (Lipinski definition) is 4. The molecule has 0 saturated carbocycles. The van der Waals surface area contributed by atoms with Crippen LogP contribution in [-0.4, -0.2) is 48.6 Å². The third-order valence-corrected chi connectivity index (χ3v) is 4.12. The number of rotatable bonds is 3. The van der Waals surface area contributed by atoms with E-state index in [1.807, 2.05) is 6.08 Å². The number of nitrogens with zero attached hydrogens (tertiary/aromatic N) is 3. The molecule has 0 amide bonds. The number of nitrogens with two attached hydrogens (primary N) is 1. The highest BCUT2D eigenvalue weighted by molar-refractivity contribution is 5.68. The average Bonchev–Trinajstić information content (AvgIpc) is 2.47. The fraction of sp³-hybridized carbons (Fsp3) is 0.533. The molecule has 0 spiro atoms. The Morgan fingerprint density at radius 3 is 2.90 bits per heavy atom. The van der Waals surface area contributed by atoms with Gasteiger partial charge in [0.1, 0.15) is 5.82 Å². The van der Waals surface area contributed by atoms with E-state index in [1.165, 1.54) is 6.20 Å². The highest BCUT2D eigenvalue weighted by atomic mass is 19.1. The normalized spacial score (nSPS) is 20.2. The molecular formula is C15H21FN4. The largest absolute Gasteiger partial charge is 0.365 e. The van der Waals surface area contributed by atoms with Crippen molar-refractivity contribution in [1.29, 1.82) is 0 Å². The fourth-order valence-electron chi connectivity index (χ4n) is 2.86. The van der Waals surface area contributed by atoms with E-state index in [0.717, 1.165) is 56.9 Å². The summed E-state index contributed by atoms with van der Waals surface area (Å²) in [6.45, 7) is 4.86. The van der Waals surface area contributed by atoms with E-state index in [0.29, 0.717) is 6.04 Å². The molecule has 5 heteroatoms. The van der Waals surface area contributed by atoms with Crippen molar-refractivity contribution >= 4 is 11.8 Å². The number of fused-ring (bicyclic) bond motifs is 1. The van der Waals surface area contributed by atoms with E-state index < -0.39 is 0 Å². The Morgan fingerprint density at radius 2 is 2.10 bits per heavy atom. The Hall–Kier alpha value is -1.46. The van der Waals surface area contributed by atoms with Gasteiger partial charge in [0, 0.05) is 31.7 Å². The summed E-state index contributed by atoms with van der Waals surface area (Å²) in [5, 5.41) is 0. The van der Waals surface area contributed by atoms with E-state index in [4.69, 9.17) is 5.73 Å². The van der Waals surface area contributed by atoms with E-state index in [-0.39, 0.29) is 5.82 Å². The minimum Gasteiger partial charge on any atom is -0.365 e. The third-order valence-electron chi connectivity index (χ3n) is 4.12. The molecule has 2 N–H and O–H groups in total. The zero-order valence-electron chi connectivity index (χ0n) is 11.6. The minimum atomic E-state index is -0.270. The molecule has 0 aromatic carbocycles. The van der Waals surface area contributed by atoms with E-state index >= 15 is 0 Å². The summed E-state index contributed by atoms with van der Waals surface area (Å²) < 4.78 is 13.4. The van der Waals surface area contributed by atoms with E-state index in [9.17, 15) is 4.39 Å². The predicted octanol–water partition coefficient (Wildman–Crippen LogP) is 1.48. The van der Waals surface area contributed by atoms with Gasteiger partial charge in [-0.2, -0.15) is 0 Å². The number of piperidine rings is 1. The van der Waals surface area contributed by atoms with Gasteiger partial charge >= 0.3 is 0 Å². The number of likely N-dealkylation sites (tertiary alicyclic amines) is 1. The lowest BCUT2D eigenvalue weighted by atomic mass is 10.1. The van der Waals surface area contributed by atoms with Crippen molar-refractivity contribution in [3.05, 3.63) is 29.9 Å². The van der Waals surface area contributed by atoms with Crippen LogP contribution < -0.4 is 10.6 Å². The fourth-order valence-corrected chi connectivity index (χ4v) is 2.86. The maximum absolute atomic E-state index is 13.4. The van der Waals surface area contributed by atoms with Gasteiger partial charge in [0.15, 0.2) is 0 Å². The van der Waals surface area contributed by atoms with Gasteiger partial charge in [0.25, 0.3) is 0 Å². The van der Waals surface area contributed by atoms with E-state index in [2.05, 4.69) is 20.9 Å². The zero-order chi connectivity index (χ0) is 13.9. The van der Waals surface area contributed by atoms with Gasteiger partial charge in [0.05, 0.1) is 17.6 Å². The number of anilines is 1. The van der Waals surface area contributed by atoms with Crippen LogP contribution in [0.4, 0.5) is 10.1 Å². The van der Waals surface area contributed by atoms with Crippen molar-refractivity contribution < 1.29 is 4.39 Å². The first-order valence-corrected chi connectivity index (χ1v) is 7.27. The van der Waals surface area contributed by atoms with Crippen LogP contribution in [0.1, 0.15) is 18.5 Å². The van der Waals surface area contributed by atoms with Gasteiger partial charge in [-0.3, -0.25) is 4.98 Å². The van der Waals surface area contributed by atoms with Gasteiger partial charge in [0.2, 0.25) is 0 Å². The second-order valence-electron chi connectivity index (χ2n) is 5.59. The van der Waals surface area contributed by atoms with Crippen molar-refractivity contribution in [2.75, 3.05) is 37.6 Å². The second kappa shape index (κ2) is 5.89. The molecule has 0 unspecified atom stereocenters. The molecule has 1 aromatic heterocycles. The topological polar surface area (TPSA) is 45.4 Å². The SMILES string of the molecule is NC1CCN(CCN2CC=Cc3ncc(F)cc32)CC1. The minimum absolute atomic E-state index is 0.270. The highest BCUT2D eigenvalue weighted by Crippen LogP contribution is 2.24. The maximum atomic E-state index is 13.4. The molecule has 0 bridgehead atoms. The molecule has 2 aliphatic heterocycles. The Labute approximate surface area is 119 Å². The van der Waals surface area contributed by atoms with Crippen LogP contribution in [0.25, 0.3) is 6.08 Å². The van der Waals surface area contributed by atoms with Crippen LogP contribution in [0.15, 0.2) is 18.3 Å². The lowest BCUT2D eigenvalue weighted by Crippen LogP contribution is -2.43. The zero-order valence-corrected chi connectivity index (χ0v) is 11.6. The van der Waals surface area contributed by atoms with Crippen molar-refractivity contribution in [2.24, 2.45) is 5.73 Å². The summed E-state index contributed by atoms with van der Waals surface area (Å²) in [6.07, 6.45) is 7.47. The smallest absolute Gasteiger partial charge is 0.143 e. The number of aromatic nitrogens is 1. The summed E-state index contributed by atoms with van der Waals surface area (Å²) >= 11 is 0. The first-order valence-electron chi connectivity index (χ1n) is 7.27. The Morgan fingerprint density at radius 1 is 1.30 bits per heavy atom. The first kappa shape index (κ1) is 13.5. The quantitative estimate of drug-likeness (QED) is 0.908. The second-order valence-corrected chi connectivity index (χ2v) is 5.59. The number of halogens is 1. The van der Waals surface area contributed by atoms with Crippen molar-refractivity contribution in [2.45, 2.75) is 18.9 Å². The molecule has 3 rings (SSSR count). The summed E-state index contributed by atoms with van der Waals surface area (Å²) in [6, 6.07) is 1.95. The molecule has 1 fully saturated rings. The summed E-state index contributed by atoms with van der Waals surface area (Å²) in [4.78, 5) is 8.77. The predicted molar refractivity (Wildman–Crippen MR) is 79.1 cm³/mol. The van der Waals surface area contributed by atoms with Gasteiger partial charge in [-0.15, -0.1) is 0 Å². The lowest BCUT2D eigenvalue weighted by Gasteiger charge is -2.33. The van der Waals surface area contributed by atoms with Crippen LogP contribution in [0.3, 0.4) is 0 Å². The molecule has 0 atom stereocenters. The maximum Gasteiger partial charge on any atom is 0.143 e. The summed E-state index contributed by atoms with van der Waals surface area (Å²) in [5.41, 5.74) is 7.68. The van der Waals surface area contributed by atoms with Crippen LogP contribution >= 0.6 is 0 Å². The molecule has 1 aromatic rings. The van der Waals surface area contributed by atoms with Gasteiger partial charge < -0.3 is 15.5 Å². The molecule has 108 valence electrons. The highest BCUT2D eigenvalue weighted by Gasteiger charge is 2.19. The van der Waals surface area contributed by atoms with Crippen LogP contribution in [0, 0.1) is 5.82 Å². The van der Waals surface area contributed by atoms with Gasteiger partial charge in [-0.05, 0) is 32.0 Å². The van der Waals surface area contributed by atoms with Crippen LogP contribution in [0.5, 0.6) is 0 Å². The summed E-state index contributed by atoms with van der Waals surface area (Å²) in [5.74, 6) is -0.270. The molecule has 4 nitrogen and oxygen atoms in total. The Balaban J connectivity index is 1.61. The third kappa shape index (κ3) is 2.99. The number of hydrogen-bond donors (Lipinski definition) is 1. The molecule has 20 heavy (non-hydrogen) atoms. The van der Waals surface area contributed by atoms with Crippen LogP contribution in [0.2, 0.25) is 0 Å². The van der Waals surface area contributed by atoms with Gasteiger partial charge in [-0.25, -0.2) is 4.39 Å². The van der Waals surface area contributed by atoms with Gasteiger partial charge in [-0.1, -0.05) is 6.08 Å². The van der Waals surface area contributed by atoms with Crippen molar-refractivity contribution in [1.82, 2.24) is 9.88 Å². The van der Waals surface area contributed by atoms with Crippen molar-refractivity contribution in [3.8, 4) is 0 Å². The summed E-state index contributed by atoms with van der Waals surface area (Å²) in [7, 11) is 0. The van der Waals surface area contributed by atoms with E-state index in [1.54, 1.807) is 6.07 Å². The molecular weight excluding hydrogens is 255 g/mol. The molecule has 0 radical (unpaired) electrons.